The van der Waals surface area contributed by atoms with E-state index >= 15 is 0 Å². The van der Waals surface area contributed by atoms with Gasteiger partial charge in [0.1, 0.15) is 22.5 Å². The minimum atomic E-state index is -1.30. The van der Waals surface area contributed by atoms with Crippen LogP contribution in [0, 0.1) is 5.41 Å². The van der Waals surface area contributed by atoms with Crippen molar-refractivity contribution in [1.82, 2.24) is 46.3 Å². The van der Waals surface area contributed by atoms with Crippen molar-refractivity contribution in [3.8, 4) is 11.5 Å². The summed E-state index contributed by atoms with van der Waals surface area (Å²) in [6.07, 6.45) is 0. The molecule has 0 bridgehead atoms. The standard InChI is InChI=1S/C28H29N11O11S3/c1-12(40)49-16-5-4-14(6-17(16)50-13(2)41)21(43)33-32-18(42)7-48-35-19(15-8-51-26(29)30-15)22(44)31-20-23(45)39-9-28(25(46)47,10-52-24(20)39)11-53-27-34-36-37-38(27)3/h4-6,8,20,24H,7,9-11H2,1-3H3,(H2,29,30)(H,31,44)(H,32,42)(H,33,43)(H,46,47)/t20?,24-,28?/m1/s1. The number of anilines is 1. The average Bonchev–Trinajstić information content (AvgIpc) is 3.73. The van der Waals surface area contributed by atoms with Gasteiger partial charge in [0.2, 0.25) is 11.1 Å². The monoisotopic (exact) mass is 791 g/mol. The van der Waals surface area contributed by atoms with E-state index < -0.39 is 70.7 Å². The number of carbonyl (C=O) groups is 7. The number of ether oxygens (including phenoxy) is 2. The number of aromatic nitrogens is 5. The van der Waals surface area contributed by atoms with Gasteiger partial charge < -0.3 is 35.4 Å². The summed E-state index contributed by atoms with van der Waals surface area (Å²) in [6, 6.07) is 2.55. The number of thiazole rings is 1. The molecule has 0 radical (unpaired) electrons. The molecule has 0 saturated carbocycles. The molecule has 4 amide bonds. The highest BCUT2D eigenvalue weighted by atomic mass is 32.2. The van der Waals surface area contributed by atoms with Crippen LogP contribution in [-0.2, 0) is 40.7 Å². The van der Waals surface area contributed by atoms with Crippen molar-refractivity contribution in [3.05, 3.63) is 34.8 Å². The lowest BCUT2D eigenvalue weighted by molar-refractivity contribution is -0.157. The number of benzene rings is 1. The number of nitrogens with two attached hydrogens (primary N) is 1. The first-order valence-corrected chi connectivity index (χ1v) is 17.9. The van der Waals surface area contributed by atoms with E-state index in [4.69, 9.17) is 20.0 Å². The summed E-state index contributed by atoms with van der Waals surface area (Å²) in [4.78, 5) is 97.3. The molecule has 22 nitrogen and oxygen atoms in total. The zero-order chi connectivity index (χ0) is 38.4. The highest BCUT2D eigenvalue weighted by Crippen LogP contribution is 2.44. The topological polar surface area (TPSA) is 302 Å². The Labute approximate surface area is 310 Å². The number of aryl methyl sites for hydroxylation is 1. The molecule has 4 heterocycles. The Balaban J connectivity index is 1.18. The van der Waals surface area contributed by atoms with Crippen molar-refractivity contribution in [2.24, 2.45) is 17.6 Å². The maximum Gasteiger partial charge on any atom is 0.313 e. The summed E-state index contributed by atoms with van der Waals surface area (Å²) < 4.78 is 11.4. The van der Waals surface area contributed by atoms with Crippen LogP contribution in [0.1, 0.15) is 29.9 Å². The highest BCUT2D eigenvalue weighted by molar-refractivity contribution is 8.00. The number of aliphatic carboxylic acids is 1. The molecule has 2 aliphatic rings. The molecule has 2 fully saturated rings. The first-order valence-electron chi connectivity index (χ1n) is 15.0. The second-order valence-corrected chi connectivity index (χ2v) is 14.2. The van der Waals surface area contributed by atoms with E-state index in [-0.39, 0.29) is 45.9 Å². The number of rotatable bonds is 13. The molecule has 25 heteroatoms. The zero-order valence-corrected chi connectivity index (χ0v) is 30.2. The summed E-state index contributed by atoms with van der Waals surface area (Å²) in [5, 5.41) is 28.9. The van der Waals surface area contributed by atoms with Gasteiger partial charge >= 0.3 is 17.9 Å². The van der Waals surface area contributed by atoms with E-state index in [0.29, 0.717) is 5.16 Å². The number of nitrogen functional groups attached to an aromatic ring is 1. The van der Waals surface area contributed by atoms with Crippen LogP contribution in [0.25, 0.3) is 0 Å². The summed E-state index contributed by atoms with van der Waals surface area (Å²) >= 11 is 3.33. The minimum Gasteiger partial charge on any atom is -0.481 e. The maximum absolute atomic E-state index is 13.4. The van der Waals surface area contributed by atoms with Gasteiger partial charge in [0.25, 0.3) is 17.7 Å². The van der Waals surface area contributed by atoms with Crippen molar-refractivity contribution < 1.29 is 53.0 Å². The first-order chi connectivity index (χ1) is 25.2. The Bertz CT molecular complexity index is 2000. The number of carbonyl (C=O) groups excluding carboxylic acids is 6. The van der Waals surface area contributed by atoms with Gasteiger partial charge in [-0.3, -0.25) is 44.4 Å². The van der Waals surface area contributed by atoms with Gasteiger partial charge in [-0.25, -0.2) is 9.67 Å². The number of oxime groups is 1. The van der Waals surface area contributed by atoms with Crippen molar-refractivity contribution in [1.29, 1.82) is 0 Å². The van der Waals surface area contributed by atoms with Crippen molar-refractivity contribution in [3.63, 3.8) is 0 Å². The number of nitrogens with zero attached hydrogens (tertiary/aromatic N) is 7. The number of amides is 4. The zero-order valence-electron chi connectivity index (χ0n) is 27.8. The van der Waals surface area contributed by atoms with E-state index in [2.05, 4.69) is 41.8 Å². The average molecular weight is 792 g/mol. The SMILES string of the molecule is CC(=O)Oc1ccc(C(=O)NNC(=O)CON=C(C(=O)NC2C(=O)N3CC(CSc4nnnn4C)(C(=O)O)CS[C@H]23)c2csc(N)n2)cc1OC(C)=O. The molecule has 3 atom stereocenters. The number of hydrogen-bond donors (Lipinski definition) is 5. The molecular formula is C28H29N11O11S3. The number of carboxylic acids is 1. The summed E-state index contributed by atoms with van der Waals surface area (Å²) in [6.45, 7) is 1.34. The minimum absolute atomic E-state index is 0.0143. The van der Waals surface area contributed by atoms with Gasteiger partial charge in [-0.2, -0.15) is 0 Å². The maximum atomic E-state index is 13.4. The fraction of sp³-hybridized carbons (Fsp3) is 0.357. The van der Waals surface area contributed by atoms with E-state index in [0.717, 1.165) is 43.0 Å². The number of thioether (sulfide) groups is 2. The second-order valence-electron chi connectivity index (χ2n) is 11.2. The Kier molecular flexibility index (Phi) is 11.8. The Morgan fingerprint density at radius 1 is 1.13 bits per heavy atom. The van der Waals surface area contributed by atoms with Crippen LogP contribution in [0.3, 0.4) is 0 Å². The number of hydrogen-bond acceptors (Lipinski definition) is 19. The highest BCUT2D eigenvalue weighted by Gasteiger charge is 2.57. The van der Waals surface area contributed by atoms with E-state index in [1.54, 1.807) is 7.05 Å². The van der Waals surface area contributed by atoms with Crippen molar-refractivity contribution >= 4 is 87.2 Å². The smallest absolute Gasteiger partial charge is 0.313 e. The van der Waals surface area contributed by atoms with Crippen LogP contribution in [-0.4, -0.2) is 119 Å². The lowest BCUT2D eigenvalue weighted by Gasteiger charge is -2.53. The molecule has 1 aromatic carbocycles. The number of β-lactam (4-membered cyclic amide) rings is 1. The molecule has 6 N–H and O–H groups in total. The largest absolute Gasteiger partial charge is 0.481 e. The van der Waals surface area contributed by atoms with E-state index in [1.165, 1.54) is 38.9 Å². The van der Waals surface area contributed by atoms with Crippen LogP contribution in [0.2, 0.25) is 0 Å². The number of carboxylic acid groups (broad SMARTS) is 1. The van der Waals surface area contributed by atoms with Gasteiger partial charge in [0.05, 0.1) is 0 Å². The number of tetrazole rings is 1. The van der Waals surface area contributed by atoms with Crippen LogP contribution in [0.15, 0.2) is 33.9 Å². The fourth-order valence-electron chi connectivity index (χ4n) is 4.78. The summed E-state index contributed by atoms with van der Waals surface area (Å²) in [5.41, 5.74) is 8.14. The Morgan fingerprint density at radius 2 is 1.87 bits per heavy atom. The lowest BCUT2D eigenvalue weighted by atomic mass is 9.89. The molecule has 2 unspecified atom stereocenters. The van der Waals surface area contributed by atoms with Crippen LogP contribution in [0.4, 0.5) is 5.13 Å². The molecule has 2 aliphatic heterocycles. The molecule has 3 aromatic rings. The molecule has 0 aliphatic carbocycles. The number of esters is 2. The van der Waals surface area contributed by atoms with Gasteiger partial charge in [-0.15, -0.1) is 28.2 Å². The van der Waals surface area contributed by atoms with Crippen molar-refractivity contribution in [2.75, 3.05) is 30.4 Å². The molecular weight excluding hydrogens is 763 g/mol. The molecule has 2 saturated heterocycles. The summed E-state index contributed by atoms with van der Waals surface area (Å²) in [5.74, 6) is -5.77. The molecule has 2 aromatic heterocycles. The van der Waals surface area contributed by atoms with Crippen LogP contribution < -0.4 is 31.4 Å². The van der Waals surface area contributed by atoms with Crippen molar-refractivity contribution in [2.45, 2.75) is 30.4 Å². The summed E-state index contributed by atoms with van der Waals surface area (Å²) in [7, 11) is 1.62. The van der Waals surface area contributed by atoms with E-state index in [9.17, 15) is 38.7 Å². The third kappa shape index (κ3) is 8.98. The first kappa shape index (κ1) is 38.4. The number of fused-ring (bicyclic) bond motifs is 1. The third-order valence-electron chi connectivity index (χ3n) is 7.30. The number of nitrogens with one attached hydrogen (secondary N) is 3. The molecule has 0 spiro atoms. The number of hydrazine groups is 1. The van der Waals surface area contributed by atoms with Gasteiger partial charge in [-0.05, 0) is 28.6 Å². The van der Waals surface area contributed by atoms with E-state index in [1.807, 2.05) is 0 Å². The van der Waals surface area contributed by atoms with Gasteiger partial charge in [0.15, 0.2) is 28.9 Å². The second kappa shape index (κ2) is 16.2. The van der Waals surface area contributed by atoms with Gasteiger partial charge in [-0.1, -0.05) is 16.9 Å². The molecule has 53 heavy (non-hydrogen) atoms. The van der Waals surface area contributed by atoms with Crippen LogP contribution >= 0.6 is 34.9 Å². The molecule has 280 valence electrons. The predicted molar refractivity (Wildman–Crippen MR) is 183 cm³/mol. The normalized spacial score (nSPS) is 19.3. The quantitative estimate of drug-likeness (QED) is 0.0330. The lowest BCUT2D eigenvalue weighted by Crippen LogP contribution is -2.74. The van der Waals surface area contributed by atoms with Crippen LogP contribution in [0.5, 0.6) is 11.5 Å². The fourth-order valence-corrected chi connectivity index (χ4v) is 8.03. The Hall–Kier alpha value is -5.82. The Morgan fingerprint density at radius 3 is 2.51 bits per heavy atom. The predicted octanol–water partition coefficient (Wildman–Crippen LogP) is -1.46. The third-order valence-corrected chi connectivity index (χ3v) is 10.9. The van der Waals surface area contributed by atoms with Gasteiger partial charge in [0, 0.05) is 49.9 Å². The molecule has 5 rings (SSSR count).